The van der Waals surface area contributed by atoms with Crippen molar-refractivity contribution < 1.29 is 15.0 Å². The molecule has 1 fully saturated rings. The molecule has 0 aromatic rings. The Balaban J connectivity index is 0.000000461. The van der Waals surface area contributed by atoms with E-state index < -0.39 is 18.1 Å². The van der Waals surface area contributed by atoms with Crippen LogP contribution in [-0.4, -0.2) is 41.3 Å². The van der Waals surface area contributed by atoms with E-state index in [0.29, 0.717) is 13.0 Å². The zero-order chi connectivity index (χ0) is 8.85. The number of halogens is 1. The van der Waals surface area contributed by atoms with Gasteiger partial charge >= 0.3 is 5.97 Å². The van der Waals surface area contributed by atoms with Gasteiger partial charge in [0.15, 0.2) is 0 Å². The fourth-order valence-electron chi connectivity index (χ4n) is 0.905. The summed E-state index contributed by atoms with van der Waals surface area (Å²) in [5.74, 6) is -0.883. The molecule has 5 heteroatoms. The maximum absolute atomic E-state index is 10.2. The highest BCUT2D eigenvalue weighted by atomic mass is 35.5. The van der Waals surface area contributed by atoms with Gasteiger partial charge in [-0.2, -0.15) is 0 Å². The number of carboxylic acids is 1. The van der Waals surface area contributed by atoms with Crippen molar-refractivity contribution in [2.75, 3.05) is 12.9 Å². The van der Waals surface area contributed by atoms with E-state index in [2.05, 4.69) is 16.9 Å². The molecule has 1 rings (SSSR count). The average Bonchev–Trinajstić information content (AvgIpc) is 2.40. The van der Waals surface area contributed by atoms with Gasteiger partial charge in [0.25, 0.3) is 0 Å². The van der Waals surface area contributed by atoms with Crippen LogP contribution in [0.15, 0.2) is 0 Å². The van der Waals surface area contributed by atoms with Gasteiger partial charge in [-0.15, -0.1) is 11.6 Å². The summed E-state index contributed by atoms with van der Waals surface area (Å²) < 4.78 is 0. The molecule has 4 nitrogen and oxygen atoms in total. The molecule has 1 saturated heterocycles. The van der Waals surface area contributed by atoms with E-state index in [1.165, 1.54) is 6.38 Å². The fourth-order valence-corrected chi connectivity index (χ4v) is 0.905. The summed E-state index contributed by atoms with van der Waals surface area (Å²) in [7, 11) is 0. The summed E-state index contributed by atoms with van der Waals surface area (Å²) in [6, 6.07) is -0.542. The molecule has 0 saturated carbocycles. The van der Waals surface area contributed by atoms with Crippen molar-refractivity contribution in [2.45, 2.75) is 18.6 Å². The number of aliphatic carboxylic acids is 1. The van der Waals surface area contributed by atoms with Gasteiger partial charge in [0.05, 0.1) is 6.10 Å². The second-order valence-electron chi connectivity index (χ2n) is 2.19. The summed E-state index contributed by atoms with van der Waals surface area (Å²) in [6.07, 6.45) is 1.32. The molecule has 66 valence electrons. The van der Waals surface area contributed by atoms with E-state index in [1.807, 2.05) is 0 Å². The molecular formula is C6H12ClNO3. The molecule has 1 heterocycles. The second-order valence-corrected chi connectivity index (χ2v) is 2.19. The van der Waals surface area contributed by atoms with E-state index >= 15 is 0 Å². The Hall–Kier alpha value is -0.320. The third kappa shape index (κ3) is 3.55. The van der Waals surface area contributed by atoms with E-state index in [0.717, 1.165) is 0 Å². The number of aliphatic hydroxyl groups is 1. The fraction of sp³-hybridized carbons (Fsp3) is 0.833. The number of carbonyl (C=O) groups is 1. The lowest BCUT2D eigenvalue weighted by Gasteiger charge is -1.99. The highest BCUT2D eigenvalue weighted by molar-refractivity contribution is 6.15. The summed E-state index contributed by atoms with van der Waals surface area (Å²) in [4.78, 5) is 10.2. The normalized spacial score (nSPS) is 29.0. The molecule has 0 bridgehead atoms. The first-order valence-corrected chi connectivity index (χ1v) is 3.98. The molecule has 0 aliphatic carbocycles. The van der Waals surface area contributed by atoms with Gasteiger partial charge in [-0.25, -0.2) is 0 Å². The number of aliphatic hydroxyl groups excluding tert-OH is 1. The molecule has 0 spiro atoms. The van der Waals surface area contributed by atoms with Crippen molar-refractivity contribution in [3.05, 3.63) is 0 Å². The van der Waals surface area contributed by atoms with Gasteiger partial charge in [0.2, 0.25) is 0 Å². The zero-order valence-electron chi connectivity index (χ0n) is 6.25. The Morgan fingerprint density at radius 2 is 2.18 bits per heavy atom. The molecule has 11 heavy (non-hydrogen) atoms. The number of hydrogen-bond acceptors (Lipinski definition) is 3. The summed E-state index contributed by atoms with van der Waals surface area (Å²) in [5, 5.41) is 19.8. The lowest BCUT2D eigenvalue weighted by molar-refractivity contribution is -0.139. The zero-order valence-corrected chi connectivity index (χ0v) is 7.01. The lowest BCUT2D eigenvalue weighted by Crippen LogP contribution is -2.29. The van der Waals surface area contributed by atoms with Crippen molar-refractivity contribution in [1.29, 1.82) is 0 Å². The summed E-state index contributed by atoms with van der Waals surface area (Å²) in [6.45, 7) is 0.400. The molecule has 0 aromatic heterocycles. The van der Waals surface area contributed by atoms with E-state index in [-0.39, 0.29) is 0 Å². The molecule has 3 N–H and O–H groups in total. The van der Waals surface area contributed by atoms with Crippen LogP contribution in [0.2, 0.25) is 0 Å². The van der Waals surface area contributed by atoms with Crippen molar-refractivity contribution in [2.24, 2.45) is 0 Å². The van der Waals surface area contributed by atoms with Crippen molar-refractivity contribution >= 4 is 17.6 Å². The van der Waals surface area contributed by atoms with Gasteiger partial charge < -0.3 is 15.5 Å². The largest absolute Gasteiger partial charge is 0.480 e. The van der Waals surface area contributed by atoms with Gasteiger partial charge in [0.1, 0.15) is 6.04 Å². The first-order chi connectivity index (χ1) is 5.20. The maximum Gasteiger partial charge on any atom is 0.320 e. The Bertz CT molecular complexity index is 131. The number of β-amino-alcohol motifs (C(OH)–C–C–N with tert-alkyl or cyclic N) is 1. The topological polar surface area (TPSA) is 69.6 Å². The van der Waals surface area contributed by atoms with Crippen LogP contribution in [0.4, 0.5) is 0 Å². The predicted octanol–water partition coefficient (Wildman–Crippen LogP) is -0.351. The molecule has 0 amide bonds. The predicted molar refractivity (Wildman–Crippen MR) is 41.8 cm³/mol. The molecule has 1 aliphatic rings. The second kappa shape index (κ2) is 5.35. The van der Waals surface area contributed by atoms with Crippen LogP contribution in [0.5, 0.6) is 0 Å². The number of rotatable bonds is 1. The highest BCUT2D eigenvalue weighted by Gasteiger charge is 2.27. The Labute approximate surface area is 70.2 Å². The van der Waals surface area contributed by atoms with E-state index in [4.69, 9.17) is 10.2 Å². The average molecular weight is 182 g/mol. The van der Waals surface area contributed by atoms with E-state index in [1.54, 1.807) is 0 Å². The third-order valence-electron chi connectivity index (χ3n) is 1.41. The maximum atomic E-state index is 10.2. The Kier molecular flexibility index (Phi) is 5.19. The van der Waals surface area contributed by atoms with Crippen LogP contribution in [0, 0.1) is 0 Å². The Morgan fingerprint density at radius 3 is 2.36 bits per heavy atom. The van der Waals surface area contributed by atoms with Crippen LogP contribution in [0.25, 0.3) is 0 Å². The van der Waals surface area contributed by atoms with Crippen LogP contribution in [0.3, 0.4) is 0 Å². The van der Waals surface area contributed by atoms with E-state index in [9.17, 15) is 4.79 Å². The molecule has 0 radical (unpaired) electrons. The molecule has 0 unspecified atom stereocenters. The Morgan fingerprint density at radius 1 is 1.64 bits per heavy atom. The number of nitrogens with one attached hydrogen (secondary N) is 1. The molecule has 0 aromatic carbocycles. The number of carboxylic acid groups (broad SMARTS) is 1. The SMILES string of the molecule is CCl.O=C(O)[C@@H]1C[C@H](O)CN1. The van der Waals surface area contributed by atoms with Crippen molar-refractivity contribution in [3.8, 4) is 0 Å². The monoisotopic (exact) mass is 181 g/mol. The lowest BCUT2D eigenvalue weighted by atomic mass is 10.2. The van der Waals surface area contributed by atoms with Gasteiger partial charge in [-0.3, -0.25) is 4.79 Å². The number of alkyl halides is 1. The molecular weight excluding hydrogens is 170 g/mol. The highest BCUT2D eigenvalue weighted by Crippen LogP contribution is 2.05. The van der Waals surface area contributed by atoms with Gasteiger partial charge in [-0.05, 0) is 0 Å². The van der Waals surface area contributed by atoms with Crippen LogP contribution < -0.4 is 5.32 Å². The van der Waals surface area contributed by atoms with Crippen LogP contribution >= 0.6 is 11.6 Å². The van der Waals surface area contributed by atoms with Crippen LogP contribution in [-0.2, 0) is 4.79 Å². The van der Waals surface area contributed by atoms with Gasteiger partial charge in [0, 0.05) is 19.3 Å². The molecule has 2 atom stereocenters. The third-order valence-corrected chi connectivity index (χ3v) is 1.41. The first kappa shape index (κ1) is 10.7. The van der Waals surface area contributed by atoms with Gasteiger partial charge in [-0.1, -0.05) is 0 Å². The first-order valence-electron chi connectivity index (χ1n) is 3.22. The summed E-state index contributed by atoms with van der Waals surface area (Å²) in [5.41, 5.74) is 0. The molecule has 1 aliphatic heterocycles. The smallest absolute Gasteiger partial charge is 0.320 e. The summed E-state index contributed by atoms with van der Waals surface area (Å²) >= 11 is 4.64. The minimum atomic E-state index is -0.883. The standard InChI is InChI=1S/C5H9NO3.CH3Cl/c7-3-1-4(5(8)9)6-2-3;1-2/h3-4,6-7H,1-2H2,(H,8,9);1H3/t3-,4-;/m0./s1. The quantitative estimate of drug-likeness (QED) is 0.484. The van der Waals surface area contributed by atoms with Crippen molar-refractivity contribution in [3.63, 3.8) is 0 Å². The minimum Gasteiger partial charge on any atom is -0.480 e. The van der Waals surface area contributed by atoms with Crippen molar-refractivity contribution in [1.82, 2.24) is 5.32 Å². The number of hydrogen-bond donors (Lipinski definition) is 3. The minimum absolute atomic E-state index is 0.329. The van der Waals surface area contributed by atoms with Crippen LogP contribution in [0.1, 0.15) is 6.42 Å².